The monoisotopic (exact) mass is 517 g/mol. The summed E-state index contributed by atoms with van der Waals surface area (Å²) in [5, 5.41) is 0.568. The molecule has 35 heavy (non-hydrogen) atoms. The number of anilines is 1. The van der Waals surface area contributed by atoms with Gasteiger partial charge in [0.25, 0.3) is 5.91 Å². The van der Waals surface area contributed by atoms with Crippen molar-refractivity contribution in [1.29, 1.82) is 0 Å². The fourth-order valence-electron chi connectivity index (χ4n) is 4.24. The number of morpholine rings is 1. The van der Waals surface area contributed by atoms with E-state index in [4.69, 9.17) is 19.2 Å². The molecule has 2 aliphatic rings. The lowest BCUT2D eigenvalue weighted by molar-refractivity contribution is 0.0730. The Morgan fingerprint density at radius 2 is 1.94 bits per heavy atom. The van der Waals surface area contributed by atoms with Crippen molar-refractivity contribution in [3.63, 3.8) is 0 Å². The second-order valence-corrected chi connectivity index (χ2v) is 11.4. The highest BCUT2D eigenvalue weighted by molar-refractivity contribution is 7.89. The number of benzene rings is 2. The number of sulfonamides is 1. The summed E-state index contributed by atoms with van der Waals surface area (Å²) in [5.74, 6) is 0.449. The maximum Gasteiger partial charge on any atom is 0.260 e. The molecule has 2 saturated heterocycles. The molecule has 3 aromatic rings. The molecule has 11 heteroatoms. The standard InChI is InChI=1S/C24H27N3O6S2/c1-31-18-6-9-22-21(15-18)25-24(34-22)27(16-19-3-2-12-33-19)23(28)17-4-7-20(8-5-17)35(29,30)26-10-13-32-14-11-26/h4-9,15,19H,2-3,10-14,16H2,1H3. The Balaban J connectivity index is 1.43. The van der Waals surface area contributed by atoms with Crippen LogP contribution in [0.15, 0.2) is 47.4 Å². The molecule has 0 bridgehead atoms. The molecule has 2 fully saturated rings. The number of hydrogen-bond acceptors (Lipinski definition) is 8. The van der Waals surface area contributed by atoms with Gasteiger partial charge in [-0.05, 0) is 49.2 Å². The first-order valence-electron chi connectivity index (χ1n) is 11.5. The number of fused-ring (bicyclic) bond motifs is 1. The highest BCUT2D eigenvalue weighted by atomic mass is 32.2. The number of thiazole rings is 1. The Kier molecular flexibility index (Phi) is 7.03. The molecule has 0 spiro atoms. The van der Waals surface area contributed by atoms with E-state index in [1.807, 2.05) is 18.2 Å². The van der Waals surface area contributed by atoms with Gasteiger partial charge >= 0.3 is 0 Å². The third-order valence-corrected chi connectivity index (χ3v) is 9.15. The number of aromatic nitrogens is 1. The molecule has 0 N–H and O–H groups in total. The van der Waals surface area contributed by atoms with E-state index >= 15 is 0 Å². The zero-order valence-electron chi connectivity index (χ0n) is 19.4. The molecule has 1 aromatic heterocycles. The van der Waals surface area contributed by atoms with Gasteiger partial charge in [0.15, 0.2) is 5.13 Å². The molecular weight excluding hydrogens is 490 g/mol. The van der Waals surface area contributed by atoms with Gasteiger partial charge in [-0.2, -0.15) is 4.31 Å². The number of rotatable bonds is 7. The third kappa shape index (κ3) is 5.05. The summed E-state index contributed by atoms with van der Waals surface area (Å²) in [6, 6.07) is 11.7. The molecule has 186 valence electrons. The van der Waals surface area contributed by atoms with Gasteiger partial charge < -0.3 is 14.2 Å². The predicted octanol–water partition coefficient (Wildman–Crippen LogP) is 3.15. The summed E-state index contributed by atoms with van der Waals surface area (Å²) < 4.78 is 44.6. The minimum absolute atomic E-state index is 0.0681. The Labute approximate surface area is 208 Å². The topological polar surface area (TPSA) is 98.3 Å². The average molecular weight is 518 g/mol. The van der Waals surface area contributed by atoms with Crippen LogP contribution in [-0.4, -0.2) is 76.3 Å². The number of carbonyl (C=O) groups is 1. The molecule has 1 atom stereocenters. The minimum atomic E-state index is -3.63. The van der Waals surface area contributed by atoms with E-state index in [2.05, 4.69) is 0 Å². The van der Waals surface area contributed by atoms with Crippen molar-refractivity contribution in [2.75, 3.05) is 51.5 Å². The summed E-state index contributed by atoms with van der Waals surface area (Å²) in [7, 11) is -2.03. The Hall–Kier alpha value is -2.57. The number of methoxy groups -OCH3 is 1. The van der Waals surface area contributed by atoms with Gasteiger partial charge in [-0.3, -0.25) is 9.69 Å². The lowest BCUT2D eigenvalue weighted by atomic mass is 10.2. The van der Waals surface area contributed by atoms with Crippen LogP contribution < -0.4 is 9.64 Å². The van der Waals surface area contributed by atoms with Gasteiger partial charge in [0.05, 0.1) is 48.1 Å². The number of hydrogen-bond donors (Lipinski definition) is 0. The van der Waals surface area contributed by atoms with Crippen molar-refractivity contribution in [2.24, 2.45) is 0 Å². The second-order valence-electron chi connectivity index (χ2n) is 8.42. The average Bonchev–Trinajstić information content (AvgIpc) is 3.56. The molecule has 3 heterocycles. The van der Waals surface area contributed by atoms with Crippen LogP contribution in [0.25, 0.3) is 10.2 Å². The van der Waals surface area contributed by atoms with E-state index < -0.39 is 10.0 Å². The van der Waals surface area contributed by atoms with E-state index in [1.54, 1.807) is 24.1 Å². The highest BCUT2D eigenvalue weighted by Gasteiger charge is 2.29. The van der Waals surface area contributed by atoms with Crippen LogP contribution in [0.5, 0.6) is 5.75 Å². The van der Waals surface area contributed by atoms with Gasteiger partial charge in [0.1, 0.15) is 5.75 Å². The van der Waals surface area contributed by atoms with Gasteiger partial charge in [-0.15, -0.1) is 0 Å². The third-order valence-electron chi connectivity index (χ3n) is 6.18. The largest absolute Gasteiger partial charge is 0.497 e. The summed E-state index contributed by atoms with van der Waals surface area (Å²) >= 11 is 1.43. The lowest BCUT2D eigenvalue weighted by Gasteiger charge is -2.26. The van der Waals surface area contributed by atoms with Gasteiger partial charge in [0, 0.05) is 31.3 Å². The Morgan fingerprint density at radius 3 is 2.63 bits per heavy atom. The summed E-state index contributed by atoms with van der Waals surface area (Å²) in [4.78, 5) is 20.1. The zero-order valence-corrected chi connectivity index (χ0v) is 21.0. The van der Waals surface area contributed by atoms with Crippen LogP contribution >= 0.6 is 11.3 Å². The molecule has 1 unspecified atom stereocenters. The zero-order chi connectivity index (χ0) is 24.4. The Bertz CT molecular complexity index is 1300. The van der Waals surface area contributed by atoms with E-state index in [1.165, 1.54) is 27.8 Å². The first-order chi connectivity index (χ1) is 17.0. The quantitative estimate of drug-likeness (QED) is 0.475. The summed E-state index contributed by atoms with van der Waals surface area (Å²) in [6.07, 6.45) is 1.76. The van der Waals surface area contributed by atoms with Crippen LogP contribution in [0.2, 0.25) is 0 Å². The maximum absolute atomic E-state index is 13.6. The molecule has 0 radical (unpaired) electrons. The first-order valence-corrected chi connectivity index (χ1v) is 13.8. The number of carbonyl (C=O) groups excluding carboxylic acids is 1. The van der Waals surface area contributed by atoms with E-state index in [0.717, 1.165) is 23.1 Å². The van der Waals surface area contributed by atoms with Crippen molar-refractivity contribution in [3.8, 4) is 5.75 Å². The van der Waals surface area contributed by atoms with Crippen LogP contribution in [-0.2, 0) is 19.5 Å². The molecule has 0 saturated carbocycles. The normalized spacial score (nSPS) is 19.2. The van der Waals surface area contributed by atoms with Crippen molar-refractivity contribution in [1.82, 2.24) is 9.29 Å². The molecule has 2 aromatic carbocycles. The van der Waals surface area contributed by atoms with Gasteiger partial charge in [0.2, 0.25) is 10.0 Å². The first kappa shape index (κ1) is 24.1. The highest BCUT2D eigenvalue weighted by Crippen LogP contribution is 2.33. The van der Waals surface area contributed by atoms with Crippen LogP contribution in [0.3, 0.4) is 0 Å². The van der Waals surface area contributed by atoms with E-state index in [-0.39, 0.29) is 16.9 Å². The Morgan fingerprint density at radius 1 is 1.17 bits per heavy atom. The van der Waals surface area contributed by atoms with Crippen LogP contribution in [0.1, 0.15) is 23.2 Å². The van der Waals surface area contributed by atoms with Gasteiger partial charge in [-0.25, -0.2) is 13.4 Å². The predicted molar refractivity (Wildman–Crippen MR) is 133 cm³/mol. The number of nitrogens with zero attached hydrogens (tertiary/aromatic N) is 3. The molecular formula is C24H27N3O6S2. The van der Waals surface area contributed by atoms with Crippen molar-refractivity contribution in [3.05, 3.63) is 48.0 Å². The van der Waals surface area contributed by atoms with Crippen molar-refractivity contribution < 1.29 is 27.4 Å². The number of amides is 1. The van der Waals surface area contributed by atoms with Crippen LogP contribution in [0, 0.1) is 0 Å². The van der Waals surface area contributed by atoms with Crippen LogP contribution in [0.4, 0.5) is 5.13 Å². The summed E-state index contributed by atoms with van der Waals surface area (Å²) in [6.45, 7) is 2.45. The lowest BCUT2D eigenvalue weighted by Crippen LogP contribution is -2.40. The molecule has 1 amide bonds. The second kappa shape index (κ2) is 10.2. The maximum atomic E-state index is 13.6. The van der Waals surface area contributed by atoms with E-state index in [9.17, 15) is 13.2 Å². The SMILES string of the molecule is COc1ccc2sc(N(CC3CCCO3)C(=O)c3ccc(S(=O)(=O)N4CCOCC4)cc3)nc2c1. The molecule has 5 rings (SSSR count). The van der Waals surface area contributed by atoms with E-state index in [0.29, 0.717) is 55.9 Å². The van der Waals surface area contributed by atoms with Crippen molar-refractivity contribution in [2.45, 2.75) is 23.8 Å². The minimum Gasteiger partial charge on any atom is -0.497 e. The smallest absolute Gasteiger partial charge is 0.260 e. The van der Waals surface area contributed by atoms with Gasteiger partial charge in [-0.1, -0.05) is 11.3 Å². The molecule has 0 aliphatic carbocycles. The summed E-state index contributed by atoms with van der Waals surface area (Å²) in [5.41, 5.74) is 1.14. The van der Waals surface area contributed by atoms with Crippen molar-refractivity contribution >= 4 is 42.6 Å². The molecule has 2 aliphatic heterocycles. The fraction of sp³-hybridized carbons (Fsp3) is 0.417. The number of ether oxygens (including phenoxy) is 3. The molecule has 9 nitrogen and oxygen atoms in total. The fourth-order valence-corrected chi connectivity index (χ4v) is 6.60.